The molecule has 2 N–H and O–H groups in total. The van der Waals surface area contributed by atoms with Crippen molar-refractivity contribution in [2.45, 2.75) is 103 Å². The predicted molar refractivity (Wildman–Crippen MR) is 166 cm³/mol. The largest absolute Gasteiger partial charge is 0.496 e. The summed E-state index contributed by atoms with van der Waals surface area (Å²) < 4.78 is 10.2. The lowest BCUT2D eigenvalue weighted by atomic mass is 9.97. The zero-order chi connectivity index (χ0) is 29.7. The summed E-state index contributed by atoms with van der Waals surface area (Å²) in [6.45, 7) is 2.26. The molecule has 0 fully saturated rings. The van der Waals surface area contributed by atoms with Crippen LogP contribution in [0.2, 0.25) is 0 Å². The summed E-state index contributed by atoms with van der Waals surface area (Å²) in [5.41, 5.74) is 1.93. The number of unbranched alkanes of at least 4 members (excludes halogenated alkanes) is 12. The molecule has 2 amide bonds. The third-order valence-electron chi connectivity index (χ3n) is 7.36. The van der Waals surface area contributed by atoms with Crippen LogP contribution in [0.4, 0.5) is 11.4 Å². The number of benzene rings is 2. The lowest BCUT2D eigenvalue weighted by Gasteiger charge is -2.16. The maximum absolute atomic E-state index is 13.0. The zero-order valence-corrected chi connectivity index (χ0v) is 25.3. The number of amides is 2. The third kappa shape index (κ3) is 13.7. The average Bonchev–Trinajstić information content (AvgIpc) is 2.99. The lowest BCUT2D eigenvalue weighted by Crippen LogP contribution is -2.32. The molecule has 0 saturated carbocycles. The Morgan fingerprint density at radius 3 is 1.73 bits per heavy atom. The topological polar surface area (TPSA) is 93.7 Å². The molecule has 1 atom stereocenters. The molecule has 2 rings (SSSR count). The highest BCUT2D eigenvalue weighted by Crippen LogP contribution is 2.23. The number of esters is 1. The van der Waals surface area contributed by atoms with Gasteiger partial charge in [0.2, 0.25) is 11.8 Å². The van der Waals surface area contributed by atoms with Gasteiger partial charge < -0.3 is 20.1 Å². The molecule has 0 aromatic heterocycles. The maximum atomic E-state index is 13.0. The SMILES string of the molecule is CCCCCCCCCCCCCCCC(=O)Nc1ccc(NC(=O)C(Cc2ccccc2OC)C(=O)OC)cc1. The van der Waals surface area contributed by atoms with E-state index in [1.807, 2.05) is 18.2 Å². The second kappa shape index (κ2) is 20.5. The number of rotatable bonds is 21. The van der Waals surface area contributed by atoms with Gasteiger partial charge in [-0.3, -0.25) is 14.4 Å². The zero-order valence-electron chi connectivity index (χ0n) is 25.3. The molecule has 2 aromatic carbocycles. The van der Waals surface area contributed by atoms with E-state index in [0.717, 1.165) is 18.4 Å². The number of carbonyl (C=O) groups excluding carboxylic acids is 3. The van der Waals surface area contributed by atoms with E-state index in [-0.39, 0.29) is 12.3 Å². The second-order valence-corrected chi connectivity index (χ2v) is 10.7. The van der Waals surface area contributed by atoms with Gasteiger partial charge in [-0.2, -0.15) is 0 Å². The first kappa shape index (κ1) is 33.9. The van der Waals surface area contributed by atoms with Crippen LogP contribution in [-0.4, -0.2) is 32.0 Å². The Morgan fingerprint density at radius 2 is 1.20 bits per heavy atom. The van der Waals surface area contributed by atoms with Gasteiger partial charge in [0.1, 0.15) is 11.7 Å². The minimum absolute atomic E-state index is 0.00702. The molecule has 7 heteroatoms. The molecular weight excluding hydrogens is 516 g/mol. The molecule has 41 heavy (non-hydrogen) atoms. The number of ether oxygens (including phenoxy) is 2. The Balaban J connectivity index is 1.67. The van der Waals surface area contributed by atoms with Crippen LogP contribution in [0.15, 0.2) is 48.5 Å². The van der Waals surface area contributed by atoms with Gasteiger partial charge >= 0.3 is 5.97 Å². The van der Waals surface area contributed by atoms with Crippen molar-refractivity contribution in [2.75, 3.05) is 24.9 Å². The van der Waals surface area contributed by atoms with Gasteiger partial charge in [-0.15, -0.1) is 0 Å². The van der Waals surface area contributed by atoms with Crippen molar-refractivity contribution < 1.29 is 23.9 Å². The van der Waals surface area contributed by atoms with Gasteiger partial charge in [-0.25, -0.2) is 0 Å². The van der Waals surface area contributed by atoms with E-state index in [4.69, 9.17) is 9.47 Å². The van der Waals surface area contributed by atoms with Crippen molar-refractivity contribution in [3.05, 3.63) is 54.1 Å². The lowest BCUT2D eigenvalue weighted by molar-refractivity contribution is -0.148. The summed E-state index contributed by atoms with van der Waals surface area (Å²) in [5.74, 6) is -1.52. The average molecular weight is 567 g/mol. The summed E-state index contributed by atoms with van der Waals surface area (Å²) in [5, 5.41) is 5.70. The monoisotopic (exact) mass is 566 g/mol. The van der Waals surface area contributed by atoms with E-state index in [1.165, 1.54) is 77.7 Å². The second-order valence-electron chi connectivity index (χ2n) is 10.7. The minimum Gasteiger partial charge on any atom is -0.496 e. The highest BCUT2D eigenvalue weighted by Gasteiger charge is 2.29. The summed E-state index contributed by atoms with van der Waals surface area (Å²) in [6.07, 6.45) is 17.2. The Bertz CT molecular complexity index is 1040. The highest BCUT2D eigenvalue weighted by molar-refractivity contribution is 6.05. The first-order chi connectivity index (χ1) is 20.0. The van der Waals surface area contributed by atoms with Crippen LogP contribution in [0.5, 0.6) is 5.75 Å². The molecule has 0 aliphatic rings. The van der Waals surface area contributed by atoms with E-state index >= 15 is 0 Å². The summed E-state index contributed by atoms with van der Waals surface area (Å²) in [7, 11) is 2.81. The first-order valence-electron chi connectivity index (χ1n) is 15.4. The first-order valence-corrected chi connectivity index (χ1v) is 15.4. The fourth-order valence-electron chi connectivity index (χ4n) is 4.91. The van der Waals surface area contributed by atoms with Crippen molar-refractivity contribution in [1.82, 2.24) is 0 Å². The minimum atomic E-state index is -1.03. The standard InChI is InChI=1S/C34H50N2O5/c1-4-5-6-7-8-9-10-11-12-13-14-15-16-21-32(37)35-28-22-24-29(25-23-28)36-33(38)30(34(39)41-3)26-27-19-17-18-20-31(27)40-2/h17-20,22-25,30H,4-16,21,26H2,1-3H3,(H,35,37)(H,36,38). The Kier molecular flexibility index (Phi) is 16.9. The summed E-state index contributed by atoms with van der Waals surface area (Å²) in [4.78, 5) is 37.7. The van der Waals surface area contributed by atoms with Gasteiger partial charge in [0.15, 0.2) is 0 Å². The van der Waals surface area contributed by atoms with E-state index in [9.17, 15) is 14.4 Å². The molecule has 0 aliphatic carbocycles. The summed E-state index contributed by atoms with van der Waals surface area (Å²) >= 11 is 0. The van der Waals surface area contributed by atoms with Gasteiger partial charge in [-0.1, -0.05) is 102 Å². The van der Waals surface area contributed by atoms with Gasteiger partial charge in [0.05, 0.1) is 14.2 Å². The molecular formula is C34H50N2O5. The fraction of sp³-hybridized carbons (Fsp3) is 0.559. The molecule has 0 bridgehead atoms. The van der Waals surface area contributed by atoms with Crippen molar-refractivity contribution in [1.29, 1.82) is 0 Å². The van der Waals surface area contributed by atoms with Crippen molar-refractivity contribution >= 4 is 29.2 Å². The van der Waals surface area contributed by atoms with Crippen molar-refractivity contribution in [2.24, 2.45) is 5.92 Å². The number of hydrogen-bond donors (Lipinski definition) is 2. The van der Waals surface area contributed by atoms with Crippen LogP contribution < -0.4 is 15.4 Å². The normalized spacial score (nSPS) is 11.5. The van der Waals surface area contributed by atoms with Crippen LogP contribution in [0.1, 0.15) is 102 Å². The van der Waals surface area contributed by atoms with Gasteiger partial charge in [0, 0.05) is 17.8 Å². The number of hydrogen-bond acceptors (Lipinski definition) is 5. The molecule has 0 radical (unpaired) electrons. The number of nitrogens with one attached hydrogen (secondary N) is 2. The van der Waals surface area contributed by atoms with Crippen LogP contribution in [0.25, 0.3) is 0 Å². The quantitative estimate of drug-likeness (QED) is 0.0905. The predicted octanol–water partition coefficient (Wildman–Crippen LogP) is 8.09. The summed E-state index contributed by atoms with van der Waals surface area (Å²) in [6, 6.07) is 14.2. The molecule has 0 heterocycles. The van der Waals surface area contributed by atoms with Crippen molar-refractivity contribution in [3.8, 4) is 5.75 Å². The number of anilines is 2. The molecule has 0 aliphatic heterocycles. The Morgan fingerprint density at radius 1 is 0.683 bits per heavy atom. The van der Waals surface area contributed by atoms with E-state index in [0.29, 0.717) is 23.5 Å². The molecule has 0 saturated heterocycles. The Hall–Kier alpha value is -3.35. The molecule has 1 unspecified atom stereocenters. The smallest absolute Gasteiger partial charge is 0.318 e. The maximum Gasteiger partial charge on any atom is 0.318 e. The van der Waals surface area contributed by atoms with Crippen LogP contribution in [0.3, 0.4) is 0 Å². The molecule has 7 nitrogen and oxygen atoms in total. The molecule has 226 valence electrons. The third-order valence-corrected chi connectivity index (χ3v) is 7.36. The number of carbonyl (C=O) groups is 3. The Labute approximate surface area is 246 Å². The van der Waals surface area contributed by atoms with E-state index < -0.39 is 17.8 Å². The molecule has 2 aromatic rings. The van der Waals surface area contributed by atoms with Gasteiger partial charge in [-0.05, 0) is 48.7 Å². The number of methoxy groups -OCH3 is 2. The fourth-order valence-corrected chi connectivity index (χ4v) is 4.91. The molecule has 0 spiro atoms. The van der Waals surface area contributed by atoms with Crippen LogP contribution in [-0.2, 0) is 25.5 Å². The van der Waals surface area contributed by atoms with Crippen molar-refractivity contribution in [3.63, 3.8) is 0 Å². The van der Waals surface area contributed by atoms with Crippen LogP contribution >= 0.6 is 0 Å². The highest BCUT2D eigenvalue weighted by atomic mass is 16.5. The van der Waals surface area contributed by atoms with E-state index in [1.54, 1.807) is 37.4 Å². The number of para-hydroxylation sites is 1. The van der Waals surface area contributed by atoms with E-state index in [2.05, 4.69) is 17.6 Å². The van der Waals surface area contributed by atoms with Crippen LogP contribution in [0, 0.1) is 5.92 Å². The van der Waals surface area contributed by atoms with Gasteiger partial charge in [0.25, 0.3) is 0 Å².